The third-order valence-corrected chi connectivity index (χ3v) is 7.64. The maximum atomic E-state index is 13.4. The summed E-state index contributed by atoms with van der Waals surface area (Å²) in [7, 11) is 0. The Morgan fingerprint density at radius 3 is 2.65 bits per heavy atom. The van der Waals surface area contributed by atoms with Crippen LogP contribution in [0.2, 0.25) is 0 Å². The number of aromatic amines is 1. The number of hydrogen-bond donors (Lipinski definition) is 1. The van der Waals surface area contributed by atoms with Gasteiger partial charge >= 0.3 is 5.97 Å². The minimum absolute atomic E-state index is 0.0765. The van der Waals surface area contributed by atoms with Crippen LogP contribution in [0.15, 0.2) is 5.16 Å². The second-order valence-corrected chi connectivity index (χ2v) is 10.4. The van der Waals surface area contributed by atoms with E-state index in [0.717, 1.165) is 56.5 Å². The van der Waals surface area contributed by atoms with Crippen molar-refractivity contribution in [2.45, 2.75) is 82.9 Å². The molecule has 4 heterocycles. The molecule has 2 fully saturated rings. The second-order valence-electron chi connectivity index (χ2n) is 9.05. The van der Waals surface area contributed by atoms with Crippen LogP contribution in [0.1, 0.15) is 78.1 Å². The van der Waals surface area contributed by atoms with Gasteiger partial charge in [0.05, 0.1) is 35.8 Å². The molecule has 2 aromatic heterocycles. The maximum absolute atomic E-state index is 13.4. The Morgan fingerprint density at radius 1 is 1.21 bits per heavy atom. The number of rotatable bonds is 9. The highest BCUT2D eigenvalue weighted by Gasteiger charge is 2.29. The minimum atomic E-state index is -0.409. The molecule has 2 aliphatic heterocycles. The highest BCUT2D eigenvalue weighted by molar-refractivity contribution is 8.00. The van der Waals surface area contributed by atoms with Crippen LogP contribution >= 0.6 is 11.8 Å². The predicted octanol–water partition coefficient (Wildman–Crippen LogP) is 3.93. The third-order valence-electron chi connectivity index (χ3n) is 6.56. The maximum Gasteiger partial charge on any atom is 0.340 e. The molecule has 2 unspecified atom stereocenters. The number of nitrogens with one attached hydrogen (secondary N) is 1. The lowest BCUT2D eigenvalue weighted by molar-refractivity contribution is 0.0525. The Labute approximate surface area is 205 Å². The predicted molar refractivity (Wildman–Crippen MR) is 131 cm³/mol. The zero-order chi connectivity index (χ0) is 24.2. The summed E-state index contributed by atoms with van der Waals surface area (Å²) in [6.07, 6.45) is 5.78. The first-order valence-corrected chi connectivity index (χ1v) is 13.2. The van der Waals surface area contributed by atoms with E-state index in [1.54, 1.807) is 20.8 Å². The quantitative estimate of drug-likeness (QED) is 0.321. The molecule has 2 aliphatic rings. The summed E-state index contributed by atoms with van der Waals surface area (Å²) < 4.78 is 13.2. The van der Waals surface area contributed by atoms with Gasteiger partial charge in [0, 0.05) is 25.4 Å². The number of nitrogens with zero attached hydrogens (tertiary/aromatic N) is 4. The lowest BCUT2D eigenvalue weighted by Gasteiger charge is -2.28. The highest BCUT2D eigenvalue weighted by atomic mass is 32.2. The summed E-state index contributed by atoms with van der Waals surface area (Å²) in [5.41, 5.74) is 2.16. The van der Waals surface area contributed by atoms with Gasteiger partial charge in [0.25, 0.3) is 0 Å². The van der Waals surface area contributed by atoms with Crippen molar-refractivity contribution in [3.63, 3.8) is 0 Å². The number of hydrogen-bond acceptors (Lipinski definition) is 8. The van der Waals surface area contributed by atoms with Crippen LogP contribution in [-0.2, 0) is 16.0 Å². The molecular weight excluding hydrogens is 454 g/mol. The van der Waals surface area contributed by atoms with Crippen LogP contribution in [0.25, 0.3) is 0 Å². The van der Waals surface area contributed by atoms with E-state index in [1.165, 1.54) is 18.2 Å². The lowest BCUT2D eigenvalue weighted by atomic mass is 10.1. The van der Waals surface area contributed by atoms with Gasteiger partial charge in [0.15, 0.2) is 10.9 Å². The largest absolute Gasteiger partial charge is 0.462 e. The van der Waals surface area contributed by atoms with Gasteiger partial charge in [-0.05, 0) is 65.4 Å². The van der Waals surface area contributed by atoms with Crippen molar-refractivity contribution in [1.29, 1.82) is 0 Å². The average molecular weight is 490 g/mol. The van der Waals surface area contributed by atoms with Crippen LogP contribution < -0.4 is 4.90 Å². The summed E-state index contributed by atoms with van der Waals surface area (Å²) in [5.74, 6) is 0.386. The van der Waals surface area contributed by atoms with E-state index in [4.69, 9.17) is 9.47 Å². The fourth-order valence-electron chi connectivity index (χ4n) is 4.77. The number of thioether (sulfide) groups is 1. The Balaban J connectivity index is 1.56. The number of ether oxygens (including phenoxy) is 2. The molecule has 1 N–H and O–H groups in total. The van der Waals surface area contributed by atoms with Gasteiger partial charge in [0.2, 0.25) is 5.95 Å². The summed E-state index contributed by atoms with van der Waals surface area (Å²) in [6.45, 7) is 10.9. The summed E-state index contributed by atoms with van der Waals surface area (Å²) >= 11 is 1.41. The summed E-state index contributed by atoms with van der Waals surface area (Å²) in [6, 6.07) is 0. The van der Waals surface area contributed by atoms with Gasteiger partial charge in [-0.25, -0.2) is 4.79 Å². The fraction of sp³-hybridized carbons (Fsp3) is 0.667. The topological polar surface area (TPSA) is 102 Å². The minimum Gasteiger partial charge on any atom is -0.462 e. The van der Waals surface area contributed by atoms with Crippen LogP contribution in [0, 0.1) is 13.8 Å². The monoisotopic (exact) mass is 489 g/mol. The van der Waals surface area contributed by atoms with Crippen molar-refractivity contribution < 1.29 is 19.1 Å². The number of H-pyrrole nitrogens is 1. The van der Waals surface area contributed by atoms with Gasteiger partial charge in [-0.2, -0.15) is 0 Å². The number of anilines is 1. The molecule has 0 radical (unpaired) electrons. The van der Waals surface area contributed by atoms with Crippen molar-refractivity contribution in [3.05, 3.63) is 22.5 Å². The Morgan fingerprint density at radius 2 is 1.97 bits per heavy atom. The van der Waals surface area contributed by atoms with E-state index >= 15 is 0 Å². The molecule has 34 heavy (non-hydrogen) atoms. The van der Waals surface area contributed by atoms with Crippen LogP contribution in [0.3, 0.4) is 0 Å². The normalized spacial score (nSPS) is 19.4. The smallest absolute Gasteiger partial charge is 0.340 e. The second kappa shape index (κ2) is 10.9. The zero-order valence-electron chi connectivity index (χ0n) is 20.6. The van der Waals surface area contributed by atoms with Gasteiger partial charge in [0.1, 0.15) is 0 Å². The number of aromatic nitrogens is 4. The van der Waals surface area contributed by atoms with Gasteiger partial charge in [-0.1, -0.05) is 11.8 Å². The molecule has 186 valence electrons. The summed E-state index contributed by atoms with van der Waals surface area (Å²) in [5, 5.41) is 9.33. The Bertz CT molecular complexity index is 1020. The lowest BCUT2D eigenvalue weighted by Crippen LogP contribution is -2.33. The number of esters is 1. The standard InChI is InChI=1S/C24H35N5O4S/c1-5-32-22(31)19-15(2)20(25-16(19)3)21(30)17(4)34-24-27-26-23(28-11-7-6-8-12-28)29(24)14-18-10-9-13-33-18/h17-18,25H,5-14H2,1-4H3. The molecule has 10 heteroatoms. The van der Waals surface area contributed by atoms with Crippen LogP contribution in [0.5, 0.6) is 0 Å². The number of Topliss-reactive ketones (excluding diaryl/α,β-unsaturated/α-hetero) is 1. The Kier molecular flexibility index (Phi) is 7.98. The van der Waals surface area contributed by atoms with Crippen molar-refractivity contribution in [2.24, 2.45) is 0 Å². The SMILES string of the molecule is CCOC(=O)c1c(C)[nH]c(C(=O)C(C)Sc2nnc(N3CCCCC3)n2CC2CCCO2)c1C. The fourth-order valence-corrected chi connectivity index (χ4v) is 5.68. The first-order valence-electron chi connectivity index (χ1n) is 12.3. The van der Waals surface area contributed by atoms with Crippen LogP contribution in [-0.4, -0.2) is 69.2 Å². The number of carbonyl (C=O) groups is 2. The molecule has 2 aromatic rings. The molecule has 0 spiro atoms. The molecule has 0 aromatic carbocycles. The molecule has 2 saturated heterocycles. The third kappa shape index (κ3) is 5.17. The Hall–Kier alpha value is -2.33. The number of ketones is 1. The molecule has 0 saturated carbocycles. The van der Waals surface area contributed by atoms with E-state index in [-0.39, 0.29) is 18.5 Å². The molecule has 4 rings (SSSR count). The van der Waals surface area contributed by atoms with Gasteiger partial charge in [-0.3, -0.25) is 9.36 Å². The number of piperidine rings is 1. The van der Waals surface area contributed by atoms with E-state index in [0.29, 0.717) is 29.1 Å². The first-order chi connectivity index (χ1) is 16.4. The average Bonchev–Trinajstić information content (AvgIpc) is 3.55. The van der Waals surface area contributed by atoms with Crippen molar-refractivity contribution >= 4 is 29.5 Å². The van der Waals surface area contributed by atoms with Crippen molar-refractivity contribution in [1.82, 2.24) is 19.7 Å². The summed E-state index contributed by atoms with van der Waals surface area (Å²) in [4.78, 5) is 31.1. The molecule has 0 aliphatic carbocycles. The molecule has 9 nitrogen and oxygen atoms in total. The van der Waals surface area contributed by atoms with Gasteiger partial charge in [-0.15, -0.1) is 10.2 Å². The van der Waals surface area contributed by atoms with E-state index in [1.807, 2.05) is 6.92 Å². The molecule has 0 amide bonds. The molecule has 2 atom stereocenters. The molecule has 0 bridgehead atoms. The van der Waals surface area contributed by atoms with Gasteiger partial charge < -0.3 is 19.4 Å². The van der Waals surface area contributed by atoms with E-state index < -0.39 is 11.2 Å². The van der Waals surface area contributed by atoms with Crippen LogP contribution in [0.4, 0.5) is 5.95 Å². The number of carbonyl (C=O) groups excluding carboxylic acids is 2. The first kappa shape index (κ1) is 24.8. The molecular formula is C24H35N5O4S. The highest BCUT2D eigenvalue weighted by Crippen LogP contribution is 2.31. The van der Waals surface area contributed by atoms with E-state index in [9.17, 15) is 9.59 Å². The van der Waals surface area contributed by atoms with E-state index in [2.05, 4.69) is 24.6 Å². The van der Waals surface area contributed by atoms with Crippen molar-refractivity contribution in [3.8, 4) is 0 Å². The number of aryl methyl sites for hydroxylation is 1. The van der Waals surface area contributed by atoms with Crippen molar-refractivity contribution in [2.75, 3.05) is 31.2 Å². The zero-order valence-corrected chi connectivity index (χ0v) is 21.4.